The quantitative estimate of drug-likeness (QED) is 0.867. The van der Waals surface area contributed by atoms with Crippen molar-refractivity contribution in [1.29, 1.82) is 0 Å². The van der Waals surface area contributed by atoms with Gasteiger partial charge in [-0.15, -0.1) is 12.4 Å². The molecule has 1 aliphatic heterocycles. The molecule has 0 amide bonds. The normalized spacial score (nSPS) is 22.2. The van der Waals surface area contributed by atoms with Gasteiger partial charge in [0.05, 0.1) is 0 Å². The predicted molar refractivity (Wildman–Crippen MR) is 79.0 cm³/mol. The molecule has 126 valence electrons. The number of benzene rings is 1. The van der Waals surface area contributed by atoms with Crippen LogP contribution in [-0.4, -0.2) is 28.1 Å². The van der Waals surface area contributed by atoms with Gasteiger partial charge in [-0.25, -0.2) is 26.3 Å². The van der Waals surface area contributed by atoms with Gasteiger partial charge in [0.15, 0.2) is 4.90 Å². The van der Waals surface area contributed by atoms with Crippen LogP contribution in [0.25, 0.3) is 0 Å². The van der Waals surface area contributed by atoms with Gasteiger partial charge in [0.1, 0.15) is 17.5 Å². The summed E-state index contributed by atoms with van der Waals surface area (Å²) in [5.41, 5.74) is -0.321. The highest BCUT2D eigenvalue weighted by Gasteiger charge is 2.31. The zero-order valence-electron chi connectivity index (χ0n) is 12.0. The molecule has 0 bridgehead atoms. The minimum Gasteiger partial charge on any atom is -0.316 e. The second-order valence-electron chi connectivity index (χ2n) is 5.61. The van der Waals surface area contributed by atoms with Crippen molar-refractivity contribution in [3.8, 4) is 0 Å². The standard InChI is InChI=1S/C13H17F3N2O2S.ClH/c1-13(3-2-4-17-7-13)8-18-21(19,20)12-10(15)5-9(14)6-11(12)16;/h5-6,17-18H,2-4,7-8H2,1H3;1H. The van der Waals surface area contributed by atoms with E-state index in [1.54, 1.807) is 0 Å². The molecule has 0 saturated carbocycles. The first-order chi connectivity index (χ1) is 9.73. The van der Waals surface area contributed by atoms with E-state index in [2.05, 4.69) is 10.0 Å². The Kier molecular flexibility index (Phi) is 6.26. The first-order valence-corrected chi connectivity index (χ1v) is 8.07. The second-order valence-corrected chi connectivity index (χ2v) is 7.32. The van der Waals surface area contributed by atoms with Crippen LogP contribution in [0.1, 0.15) is 19.8 Å². The minimum atomic E-state index is -4.37. The van der Waals surface area contributed by atoms with E-state index < -0.39 is 32.4 Å². The molecule has 2 N–H and O–H groups in total. The molecule has 0 radical (unpaired) electrons. The van der Waals surface area contributed by atoms with Crippen molar-refractivity contribution in [3.05, 3.63) is 29.6 Å². The maximum Gasteiger partial charge on any atom is 0.246 e. The van der Waals surface area contributed by atoms with Crippen LogP contribution in [0.3, 0.4) is 0 Å². The highest BCUT2D eigenvalue weighted by Crippen LogP contribution is 2.26. The molecule has 1 saturated heterocycles. The Hall–Kier alpha value is -0.830. The second kappa shape index (κ2) is 7.16. The van der Waals surface area contributed by atoms with E-state index in [0.717, 1.165) is 19.4 Å². The zero-order valence-corrected chi connectivity index (χ0v) is 13.6. The van der Waals surface area contributed by atoms with E-state index in [0.29, 0.717) is 18.7 Å². The van der Waals surface area contributed by atoms with Crippen LogP contribution in [0.2, 0.25) is 0 Å². The molecule has 1 aliphatic rings. The van der Waals surface area contributed by atoms with E-state index in [-0.39, 0.29) is 24.4 Å². The van der Waals surface area contributed by atoms with E-state index in [9.17, 15) is 21.6 Å². The van der Waals surface area contributed by atoms with Gasteiger partial charge in [0, 0.05) is 25.2 Å². The number of hydrogen-bond acceptors (Lipinski definition) is 3. The Bertz CT molecular complexity index is 611. The molecule has 2 rings (SSSR count). The van der Waals surface area contributed by atoms with Crippen molar-refractivity contribution in [3.63, 3.8) is 0 Å². The number of piperidine rings is 1. The number of halogens is 4. The smallest absolute Gasteiger partial charge is 0.246 e. The summed E-state index contributed by atoms with van der Waals surface area (Å²) in [6.45, 7) is 3.42. The monoisotopic (exact) mass is 358 g/mol. The third-order valence-corrected chi connectivity index (χ3v) is 5.06. The molecule has 9 heteroatoms. The highest BCUT2D eigenvalue weighted by atomic mass is 35.5. The summed E-state index contributed by atoms with van der Waals surface area (Å²) in [6, 6.07) is 0.697. The van der Waals surface area contributed by atoms with E-state index in [1.165, 1.54) is 0 Å². The predicted octanol–water partition coefficient (Wildman–Crippen LogP) is 2.19. The fourth-order valence-corrected chi connectivity index (χ4v) is 3.71. The lowest BCUT2D eigenvalue weighted by molar-refractivity contribution is 0.238. The van der Waals surface area contributed by atoms with Crippen molar-refractivity contribution < 1.29 is 21.6 Å². The van der Waals surface area contributed by atoms with E-state index in [4.69, 9.17) is 0 Å². The fraction of sp³-hybridized carbons (Fsp3) is 0.538. The average molecular weight is 359 g/mol. The van der Waals surface area contributed by atoms with E-state index in [1.807, 2.05) is 6.92 Å². The van der Waals surface area contributed by atoms with Gasteiger partial charge in [-0.3, -0.25) is 0 Å². The molecular formula is C13H18ClF3N2O2S. The van der Waals surface area contributed by atoms with Gasteiger partial charge in [-0.2, -0.15) is 0 Å². The van der Waals surface area contributed by atoms with Crippen molar-refractivity contribution in [2.24, 2.45) is 5.41 Å². The molecule has 0 aromatic heterocycles. The van der Waals surface area contributed by atoms with Crippen LogP contribution < -0.4 is 10.0 Å². The summed E-state index contributed by atoms with van der Waals surface area (Å²) in [4.78, 5) is -1.14. The zero-order chi connectivity index (χ0) is 15.7. The molecule has 1 aromatic rings. The molecule has 1 unspecified atom stereocenters. The lowest BCUT2D eigenvalue weighted by Gasteiger charge is -2.34. The van der Waals surface area contributed by atoms with Gasteiger partial charge < -0.3 is 5.32 Å². The molecule has 1 heterocycles. The highest BCUT2D eigenvalue weighted by molar-refractivity contribution is 7.89. The summed E-state index contributed by atoms with van der Waals surface area (Å²) < 4.78 is 66.2. The molecular weight excluding hydrogens is 341 g/mol. The SMILES string of the molecule is CC1(CNS(=O)(=O)c2c(F)cc(F)cc2F)CCCNC1.Cl. The number of hydrogen-bond donors (Lipinski definition) is 2. The topological polar surface area (TPSA) is 58.2 Å². The van der Waals surface area contributed by atoms with Crippen LogP contribution >= 0.6 is 12.4 Å². The first-order valence-electron chi connectivity index (χ1n) is 6.58. The molecule has 1 atom stereocenters. The fourth-order valence-electron chi connectivity index (χ4n) is 2.40. The maximum atomic E-state index is 13.6. The van der Waals surface area contributed by atoms with Crippen LogP contribution in [0.15, 0.2) is 17.0 Å². The molecule has 0 spiro atoms. The first kappa shape index (κ1) is 19.2. The lowest BCUT2D eigenvalue weighted by Crippen LogP contribution is -2.45. The van der Waals surface area contributed by atoms with Gasteiger partial charge in [0.2, 0.25) is 10.0 Å². The van der Waals surface area contributed by atoms with Crippen molar-refractivity contribution in [2.75, 3.05) is 19.6 Å². The summed E-state index contributed by atoms with van der Waals surface area (Å²) in [5.74, 6) is -4.04. The Labute approximate surface area is 133 Å². The Morgan fingerprint density at radius 1 is 1.27 bits per heavy atom. The van der Waals surface area contributed by atoms with Gasteiger partial charge >= 0.3 is 0 Å². The average Bonchev–Trinajstić information content (AvgIpc) is 2.36. The van der Waals surface area contributed by atoms with Crippen LogP contribution in [-0.2, 0) is 10.0 Å². The minimum absolute atomic E-state index is 0. The third kappa shape index (κ3) is 4.34. The lowest BCUT2D eigenvalue weighted by atomic mass is 9.83. The van der Waals surface area contributed by atoms with Crippen LogP contribution in [0.5, 0.6) is 0 Å². The van der Waals surface area contributed by atoms with Gasteiger partial charge in [-0.1, -0.05) is 6.92 Å². The van der Waals surface area contributed by atoms with Crippen LogP contribution in [0.4, 0.5) is 13.2 Å². The molecule has 1 fully saturated rings. The van der Waals surface area contributed by atoms with Gasteiger partial charge in [0.25, 0.3) is 0 Å². The van der Waals surface area contributed by atoms with E-state index >= 15 is 0 Å². The number of nitrogens with one attached hydrogen (secondary N) is 2. The third-order valence-electron chi connectivity index (χ3n) is 3.61. The van der Waals surface area contributed by atoms with Crippen molar-refractivity contribution >= 4 is 22.4 Å². The Morgan fingerprint density at radius 3 is 2.36 bits per heavy atom. The number of sulfonamides is 1. The van der Waals surface area contributed by atoms with Gasteiger partial charge in [-0.05, 0) is 24.8 Å². The van der Waals surface area contributed by atoms with Crippen molar-refractivity contribution in [2.45, 2.75) is 24.7 Å². The summed E-state index contributed by atoms with van der Waals surface area (Å²) >= 11 is 0. The Balaban J connectivity index is 0.00000242. The molecule has 1 aromatic carbocycles. The Morgan fingerprint density at radius 2 is 1.86 bits per heavy atom. The molecule has 0 aliphatic carbocycles. The molecule has 22 heavy (non-hydrogen) atoms. The molecule has 4 nitrogen and oxygen atoms in total. The van der Waals surface area contributed by atoms with Crippen molar-refractivity contribution in [1.82, 2.24) is 10.0 Å². The summed E-state index contributed by atoms with van der Waals surface area (Å²) in [6.07, 6.45) is 1.70. The largest absolute Gasteiger partial charge is 0.316 e. The number of rotatable bonds is 4. The van der Waals surface area contributed by atoms with Crippen LogP contribution in [0, 0.1) is 22.9 Å². The maximum absolute atomic E-state index is 13.6. The summed E-state index contributed by atoms with van der Waals surface area (Å²) in [5, 5.41) is 3.15. The summed E-state index contributed by atoms with van der Waals surface area (Å²) in [7, 11) is -4.37.